The van der Waals surface area contributed by atoms with Gasteiger partial charge in [0.1, 0.15) is 10.6 Å². The molecule has 0 aliphatic carbocycles. The number of thiazole rings is 1. The summed E-state index contributed by atoms with van der Waals surface area (Å²) in [5.74, 6) is 0.469. The fourth-order valence-electron chi connectivity index (χ4n) is 3.04. The van der Waals surface area contributed by atoms with E-state index in [1.165, 1.54) is 0 Å². The lowest BCUT2D eigenvalue weighted by Gasteiger charge is -2.33. The Morgan fingerprint density at radius 1 is 1.35 bits per heavy atom. The third-order valence-corrected chi connectivity index (χ3v) is 5.18. The van der Waals surface area contributed by atoms with Crippen LogP contribution in [0.25, 0.3) is 0 Å². The van der Waals surface area contributed by atoms with Crippen LogP contribution >= 0.6 is 11.3 Å². The number of hydrogen-bond donors (Lipinski definition) is 1. The van der Waals surface area contributed by atoms with Crippen LogP contribution in [0.3, 0.4) is 0 Å². The normalized spacial score (nSPS) is 17.2. The lowest BCUT2D eigenvalue weighted by Crippen LogP contribution is -2.45. The van der Waals surface area contributed by atoms with Gasteiger partial charge in [0.15, 0.2) is 0 Å². The Labute approximate surface area is 160 Å². The van der Waals surface area contributed by atoms with E-state index in [1.54, 1.807) is 22.4 Å². The van der Waals surface area contributed by atoms with Gasteiger partial charge in [0.05, 0.1) is 6.04 Å². The molecule has 1 aliphatic rings. The van der Waals surface area contributed by atoms with Crippen LogP contribution in [0.1, 0.15) is 64.9 Å². The predicted octanol–water partition coefficient (Wildman–Crippen LogP) is 3.99. The van der Waals surface area contributed by atoms with E-state index in [9.17, 15) is 9.59 Å². The Balaban J connectivity index is 1.88. The summed E-state index contributed by atoms with van der Waals surface area (Å²) in [6, 6.07) is -0.0358. The van der Waals surface area contributed by atoms with E-state index in [4.69, 9.17) is 4.74 Å². The highest BCUT2D eigenvalue weighted by molar-refractivity contribution is 7.09. The van der Waals surface area contributed by atoms with Crippen molar-refractivity contribution in [1.29, 1.82) is 0 Å². The second-order valence-electron chi connectivity index (χ2n) is 8.30. The Bertz CT molecular complexity index is 588. The second kappa shape index (κ2) is 8.84. The van der Waals surface area contributed by atoms with Crippen LogP contribution in [-0.2, 0) is 9.53 Å². The molecule has 26 heavy (non-hydrogen) atoms. The summed E-state index contributed by atoms with van der Waals surface area (Å²) in [5.41, 5.74) is -0.497. The standard InChI is InChI=1S/C19H31N3O3S/c1-13(2)12-15(17-20-8-11-26-17)21-16(23)14-6-9-22(10-7-14)18(24)25-19(3,4)5/h8,11,13-15H,6-7,9-10,12H2,1-5H3,(H,21,23). The van der Waals surface area contributed by atoms with E-state index >= 15 is 0 Å². The topological polar surface area (TPSA) is 71.5 Å². The molecule has 1 unspecified atom stereocenters. The van der Waals surface area contributed by atoms with Crippen LogP contribution < -0.4 is 5.32 Å². The SMILES string of the molecule is CC(C)CC(NC(=O)C1CCN(C(=O)OC(C)(C)C)CC1)c1nccs1. The summed E-state index contributed by atoms with van der Waals surface area (Å²) in [4.78, 5) is 30.9. The minimum Gasteiger partial charge on any atom is -0.444 e. The number of nitrogens with zero attached hydrogens (tertiary/aromatic N) is 2. The zero-order valence-corrected chi connectivity index (χ0v) is 17.3. The molecular weight excluding hydrogens is 350 g/mol. The molecule has 0 saturated carbocycles. The van der Waals surface area contributed by atoms with Crippen molar-refractivity contribution in [2.75, 3.05) is 13.1 Å². The molecule has 0 aromatic carbocycles. The lowest BCUT2D eigenvalue weighted by molar-refractivity contribution is -0.127. The molecule has 0 bridgehead atoms. The van der Waals surface area contributed by atoms with Crippen molar-refractivity contribution in [2.24, 2.45) is 11.8 Å². The predicted molar refractivity (Wildman–Crippen MR) is 103 cm³/mol. The summed E-state index contributed by atoms with van der Waals surface area (Å²) in [5, 5.41) is 6.07. The van der Waals surface area contributed by atoms with Gasteiger partial charge >= 0.3 is 6.09 Å². The average Bonchev–Trinajstić information content (AvgIpc) is 3.06. The van der Waals surface area contributed by atoms with Gasteiger partial charge in [-0.25, -0.2) is 9.78 Å². The number of carbonyl (C=O) groups excluding carboxylic acids is 2. The van der Waals surface area contributed by atoms with Crippen LogP contribution in [0.15, 0.2) is 11.6 Å². The molecule has 7 heteroatoms. The summed E-state index contributed by atoms with van der Waals surface area (Å²) >= 11 is 1.58. The molecule has 1 aromatic rings. The molecule has 0 spiro atoms. The van der Waals surface area contributed by atoms with E-state index in [1.807, 2.05) is 26.2 Å². The highest BCUT2D eigenvalue weighted by Gasteiger charge is 2.31. The lowest BCUT2D eigenvalue weighted by atomic mass is 9.95. The van der Waals surface area contributed by atoms with E-state index in [0.717, 1.165) is 11.4 Å². The van der Waals surface area contributed by atoms with Gasteiger partial charge in [0, 0.05) is 30.6 Å². The van der Waals surface area contributed by atoms with Gasteiger partial charge in [-0.2, -0.15) is 0 Å². The molecule has 1 atom stereocenters. The maximum absolute atomic E-state index is 12.7. The number of carbonyl (C=O) groups is 2. The smallest absolute Gasteiger partial charge is 0.410 e. The van der Waals surface area contributed by atoms with Crippen LogP contribution in [0.2, 0.25) is 0 Å². The number of nitrogens with one attached hydrogen (secondary N) is 1. The first-order valence-corrected chi connectivity index (χ1v) is 10.2. The van der Waals surface area contributed by atoms with Crippen molar-refractivity contribution in [3.05, 3.63) is 16.6 Å². The Kier molecular flexibility index (Phi) is 7.03. The third kappa shape index (κ3) is 6.27. The fourth-order valence-corrected chi connectivity index (χ4v) is 3.74. The van der Waals surface area contributed by atoms with Gasteiger partial charge in [-0.15, -0.1) is 11.3 Å². The van der Waals surface area contributed by atoms with E-state index in [-0.39, 0.29) is 24.0 Å². The maximum atomic E-state index is 12.7. The van der Waals surface area contributed by atoms with Gasteiger partial charge in [-0.05, 0) is 46.0 Å². The molecule has 1 aromatic heterocycles. The van der Waals surface area contributed by atoms with E-state index in [0.29, 0.717) is 31.8 Å². The van der Waals surface area contributed by atoms with Crippen molar-refractivity contribution in [1.82, 2.24) is 15.2 Å². The summed E-state index contributed by atoms with van der Waals surface area (Å²) in [6.07, 6.45) is 3.68. The number of piperidine rings is 1. The molecule has 1 saturated heterocycles. The molecular formula is C19H31N3O3S. The van der Waals surface area contributed by atoms with E-state index in [2.05, 4.69) is 24.1 Å². The molecule has 6 nitrogen and oxygen atoms in total. The van der Waals surface area contributed by atoms with Gasteiger partial charge < -0.3 is 15.0 Å². The Morgan fingerprint density at radius 2 is 2.00 bits per heavy atom. The minimum absolute atomic E-state index is 0.0358. The highest BCUT2D eigenvalue weighted by atomic mass is 32.1. The van der Waals surface area contributed by atoms with Crippen LogP contribution in [0.4, 0.5) is 4.79 Å². The first-order chi connectivity index (χ1) is 12.2. The van der Waals surface area contributed by atoms with Gasteiger partial charge in [0.2, 0.25) is 5.91 Å². The first kappa shape index (κ1) is 20.7. The molecule has 0 radical (unpaired) electrons. The van der Waals surface area contributed by atoms with Crippen molar-refractivity contribution >= 4 is 23.3 Å². The number of amides is 2. The number of ether oxygens (including phenoxy) is 1. The first-order valence-electron chi connectivity index (χ1n) is 9.33. The molecule has 1 N–H and O–H groups in total. The fraction of sp³-hybridized carbons (Fsp3) is 0.737. The quantitative estimate of drug-likeness (QED) is 0.837. The summed E-state index contributed by atoms with van der Waals surface area (Å²) in [6.45, 7) is 11.0. The number of rotatable bonds is 5. The molecule has 1 aliphatic heterocycles. The zero-order chi connectivity index (χ0) is 19.3. The molecule has 2 rings (SSSR count). The van der Waals surface area contributed by atoms with Gasteiger partial charge in [-0.1, -0.05) is 13.8 Å². The molecule has 2 amide bonds. The highest BCUT2D eigenvalue weighted by Crippen LogP contribution is 2.25. The number of likely N-dealkylation sites (tertiary alicyclic amines) is 1. The van der Waals surface area contributed by atoms with Crippen molar-refractivity contribution in [3.8, 4) is 0 Å². The second-order valence-corrected chi connectivity index (χ2v) is 9.23. The molecule has 2 heterocycles. The molecule has 1 fully saturated rings. The van der Waals surface area contributed by atoms with Crippen LogP contribution in [0.5, 0.6) is 0 Å². The number of aromatic nitrogens is 1. The average molecular weight is 382 g/mol. The monoisotopic (exact) mass is 381 g/mol. The Morgan fingerprint density at radius 3 is 2.50 bits per heavy atom. The Hall–Kier alpha value is -1.63. The van der Waals surface area contributed by atoms with Crippen LogP contribution in [0, 0.1) is 11.8 Å². The van der Waals surface area contributed by atoms with Gasteiger partial charge in [-0.3, -0.25) is 4.79 Å². The van der Waals surface area contributed by atoms with Crippen molar-refractivity contribution in [2.45, 2.75) is 65.5 Å². The minimum atomic E-state index is -0.497. The van der Waals surface area contributed by atoms with Crippen LogP contribution in [-0.4, -0.2) is 40.6 Å². The summed E-state index contributed by atoms with van der Waals surface area (Å²) in [7, 11) is 0. The van der Waals surface area contributed by atoms with Crippen molar-refractivity contribution < 1.29 is 14.3 Å². The third-order valence-electron chi connectivity index (χ3n) is 4.29. The van der Waals surface area contributed by atoms with E-state index < -0.39 is 5.60 Å². The number of hydrogen-bond acceptors (Lipinski definition) is 5. The van der Waals surface area contributed by atoms with Gasteiger partial charge in [0.25, 0.3) is 0 Å². The summed E-state index contributed by atoms with van der Waals surface area (Å²) < 4.78 is 5.41. The van der Waals surface area contributed by atoms with Crippen molar-refractivity contribution in [3.63, 3.8) is 0 Å². The largest absolute Gasteiger partial charge is 0.444 e. The zero-order valence-electron chi connectivity index (χ0n) is 16.4. The maximum Gasteiger partial charge on any atom is 0.410 e. The molecule has 146 valence electrons.